The maximum Gasteiger partial charge on any atom is 0.148 e. The first-order valence-corrected chi connectivity index (χ1v) is 8.76. The van der Waals surface area contributed by atoms with Gasteiger partial charge >= 0.3 is 0 Å². The van der Waals surface area contributed by atoms with Crippen LogP contribution in [0.2, 0.25) is 0 Å². The minimum absolute atomic E-state index is 0.512. The molecule has 3 nitrogen and oxygen atoms in total. The van der Waals surface area contributed by atoms with Crippen molar-refractivity contribution in [2.24, 2.45) is 0 Å². The van der Waals surface area contributed by atoms with Crippen LogP contribution in [0, 0.1) is 3.57 Å². The molecule has 102 valence electrons. The molecule has 1 aromatic heterocycles. The van der Waals surface area contributed by atoms with Gasteiger partial charge in [-0.15, -0.1) is 10.2 Å². The molecule has 0 radical (unpaired) electrons. The Morgan fingerprint density at radius 1 is 1.37 bits per heavy atom. The molecule has 6 heteroatoms. The highest BCUT2D eigenvalue weighted by molar-refractivity contribution is 14.1. The van der Waals surface area contributed by atoms with Crippen LogP contribution in [-0.2, 0) is 6.42 Å². The first kappa shape index (κ1) is 15.3. The van der Waals surface area contributed by atoms with Gasteiger partial charge < -0.3 is 5.32 Å². The van der Waals surface area contributed by atoms with Crippen LogP contribution in [-0.4, -0.2) is 22.8 Å². The van der Waals surface area contributed by atoms with Crippen molar-refractivity contribution in [3.8, 4) is 10.6 Å². The van der Waals surface area contributed by atoms with E-state index in [4.69, 9.17) is 0 Å². The van der Waals surface area contributed by atoms with E-state index in [0.29, 0.717) is 6.04 Å². The summed E-state index contributed by atoms with van der Waals surface area (Å²) in [7, 11) is 0. The Labute approximate surface area is 139 Å². The largest absolute Gasteiger partial charge is 0.314 e. The van der Waals surface area contributed by atoms with E-state index in [1.54, 1.807) is 11.3 Å². The molecule has 2 rings (SSSR count). The third-order valence-corrected chi connectivity index (χ3v) is 4.97. The van der Waals surface area contributed by atoms with Gasteiger partial charge in [-0.05, 0) is 40.8 Å². The Morgan fingerprint density at radius 2 is 2.16 bits per heavy atom. The Balaban J connectivity index is 2.10. The van der Waals surface area contributed by atoms with Crippen molar-refractivity contribution in [2.45, 2.75) is 26.3 Å². The molecule has 0 aliphatic carbocycles. The van der Waals surface area contributed by atoms with Gasteiger partial charge in [0.2, 0.25) is 0 Å². The average Bonchev–Trinajstić information content (AvgIpc) is 2.80. The van der Waals surface area contributed by atoms with Crippen molar-refractivity contribution in [1.29, 1.82) is 0 Å². The number of nitrogens with one attached hydrogen (secondary N) is 1. The fraction of sp³-hybridized carbons (Fsp3) is 0.385. The third kappa shape index (κ3) is 4.47. The predicted octanol–water partition coefficient (Wildman–Crippen LogP) is 4.11. The third-order valence-electron chi connectivity index (χ3n) is 2.52. The number of nitrogens with zero attached hydrogens (tertiary/aromatic N) is 2. The highest BCUT2D eigenvalue weighted by Gasteiger charge is 2.10. The maximum atomic E-state index is 4.30. The molecule has 2 aromatic rings. The van der Waals surface area contributed by atoms with Crippen LogP contribution in [0.3, 0.4) is 0 Å². The molecule has 0 saturated carbocycles. The lowest BCUT2D eigenvalue weighted by Gasteiger charge is -2.05. The van der Waals surface area contributed by atoms with Crippen molar-refractivity contribution in [2.75, 3.05) is 6.54 Å². The monoisotopic (exact) mass is 451 g/mol. The fourth-order valence-electron chi connectivity index (χ4n) is 1.59. The molecule has 1 N–H and O–H groups in total. The van der Waals surface area contributed by atoms with Crippen molar-refractivity contribution in [1.82, 2.24) is 15.5 Å². The van der Waals surface area contributed by atoms with Crippen molar-refractivity contribution < 1.29 is 0 Å². The van der Waals surface area contributed by atoms with Gasteiger partial charge in [0.25, 0.3) is 0 Å². The van der Waals surface area contributed by atoms with Gasteiger partial charge in [-0.2, -0.15) is 0 Å². The van der Waals surface area contributed by atoms with Crippen molar-refractivity contribution in [3.63, 3.8) is 0 Å². The van der Waals surface area contributed by atoms with Crippen LogP contribution in [0.1, 0.15) is 18.9 Å². The summed E-state index contributed by atoms with van der Waals surface area (Å²) < 4.78 is 2.27. The Hall–Kier alpha value is -0.0500. The molecular formula is C13H15BrIN3S. The Kier molecular flexibility index (Phi) is 5.73. The molecule has 0 aliphatic heterocycles. The van der Waals surface area contributed by atoms with Gasteiger partial charge in [0.15, 0.2) is 0 Å². The summed E-state index contributed by atoms with van der Waals surface area (Å²) in [5.74, 6) is 0. The number of benzene rings is 1. The highest BCUT2D eigenvalue weighted by atomic mass is 127. The molecule has 1 heterocycles. The topological polar surface area (TPSA) is 37.8 Å². The molecule has 19 heavy (non-hydrogen) atoms. The summed E-state index contributed by atoms with van der Waals surface area (Å²) in [6.45, 7) is 5.24. The van der Waals surface area contributed by atoms with Gasteiger partial charge in [0.1, 0.15) is 10.0 Å². The molecule has 0 bridgehead atoms. The summed E-state index contributed by atoms with van der Waals surface area (Å²) in [4.78, 5) is 0. The molecular weight excluding hydrogens is 437 g/mol. The first-order chi connectivity index (χ1) is 9.06. The smallest absolute Gasteiger partial charge is 0.148 e. The molecule has 0 saturated heterocycles. The SMILES string of the molecule is CC(C)NCCc1nnc(-c2cc(Br)ccc2I)s1. The molecule has 0 fully saturated rings. The van der Waals surface area contributed by atoms with E-state index in [0.717, 1.165) is 33.0 Å². The fourth-order valence-corrected chi connectivity index (χ4v) is 3.60. The van der Waals surface area contributed by atoms with Crippen molar-refractivity contribution >= 4 is 49.9 Å². The molecule has 0 amide bonds. The number of hydrogen-bond donors (Lipinski definition) is 1. The van der Waals surface area contributed by atoms with Crippen LogP contribution < -0.4 is 5.32 Å². The molecule has 0 spiro atoms. The minimum atomic E-state index is 0.512. The van der Waals surface area contributed by atoms with E-state index in [9.17, 15) is 0 Å². The van der Waals surface area contributed by atoms with Crippen LogP contribution in [0.5, 0.6) is 0 Å². The number of hydrogen-bond acceptors (Lipinski definition) is 4. The van der Waals surface area contributed by atoms with Crippen LogP contribution in [0.25, 0.3) is 10.6 Å². The summed E-state index contributed by atoms with van der Waals surface area (Å²) in [5, 5.41) is 14.0. The van der Waals surface area contributed by atoms with E-state index in [1.807, 2.05) is 6.07 Å². The van der Waals surface area contributed by atoms with Crippen LogP contribution in [0.4, 0.5) is 0 Å². The summed E-state index contributed by atoms with van der Waals surface area (Å²) in [5.41, 5.74) is 1.15. The second kappa shape index (κ2) is 7.10. The number of rotatable bonds is 5. The highest BCUT2D eigenvalue weighted by Crippen LogP contribution is 2.30. The zero-order chi connectivity index (χ0) is 13.8. The minimum Gasteiger partial charge on any atom is -0.314 e. The first-order valence-electron chi connectivity index (χ1n) is 6.07. The maximum absolute atomic E-state index is 4.30. The van der Waals surface area contributed by atoms with Crippen LogP contribution >= 0.6 is 49.9 Å². The zero-order valence-electron chi connectivity index (χ0n) is 10.8. The average molecular weight is 452 g/mol. The van der Waals surface area contributed by atoms with Gasteiger partial charge in [0.05, 0.1) is 0 Å². The van der Waals surface area contributed by atoms with E-state index < -0.39 is 0 Å². The standard InChI is InChI=1S/C13H15BrIN3S/c1-8(2)16-6-5-12-17-18-13(19-12)10-7-9(14)3-4-11(10)15/h3-4,7-8,16H,5-6H2,1-2H3. The molecule has 0 aliphatic rings. The quantitative estimate of drug-likeness (QED) is 0.695. The van der Waals surface area contributed by atoms with E-state index in [-0.39, 0.29) is 0 Å². The normalized spacial score (nSPS) is 11.2. The summed E-state index contributed by atoms with van der Waals surface area (Å²) in [6, 6.07) is 6.73. The second-order valence-electron chi connectivity index (χ2n) is 4.48. The van der Waals surface area contributed by atoms with Gasteiger partial charge in [-0.1, -0.05) is 41.1 Å². The van der Waals surface area contributed by atoms with Gasteiger partial charge in [-0.3, -0.25) is 0 Å². The van der Waals surface area contributed by atoms with Crippen LogP contribution in [0.15, 0.2) is 22.7 Å². The van der Waals surface area contributed by atoms with Gasteiger partial charge in [0, 0.05) is 32.6 Å². The number of aromatic nitrogens is 2. The predicted molar refractivity (Wildman–Crippen MR) is 92.6 cm³/mol. The number of halogens is 2. The van der Waals surface area contributed by atoms with Gasteiger partial charge in [-0.25, -0.2) is 0 Å². The van der Waals surface area contributed by atoms with Crippen molar-refractivity contribution in [3.05, 3.63) is 31.2 Å². The summed E-state index contributed by atoms with van der Waals surface area (Å²) in [6.07, 6.45) is 0.931. The van der Waals surface area contributed by atoms with E-state index >= 15 is 0 Å². The molecule has 1 aromatic carbocycles. The zero-order valence-corrected chi connectivity index (χ0v) is 15.3. The lowest BCUT2D eigenvalue weighted by atomic mass is 10.2. The van der Waals surface area contributed by atoms with E-state index in [1.165, 1.54) is 3.57 Å². The molecule has 0 unspecified atom stereocenters. The molecule has 0 atom stereocenters. The Bertz CT molecular complexity index is 557. The summed E-state index contributed by atoms with van der Waals surface area (Å²) >= 11 is 7.51. The van der Waals surface area contributed by atoms with E-state index in [2.05, 4.69) is 80.0 Å². The lowest BCUT2D eigenvalue weighted by molar-refractivity contribution is 0.588. The second-order valence-corrected chi connectivity index (χ2v) is 7.62. The Morgan fingerprint density at radius 3 is 2.89 bits per heavy atom. The lowest BCUT2D eigenvalue weighted by Crippen LogP contribution is -2.24.